The van der Waals surface area contributed by atoms with E-state index in [4.69, 9.17) is 4.74 Å². The summed E-state index contributed by atoms with van der Waals surface area (Å²) in [6, 6.07) is 19.4. The first-order valence-corrected chi connectivity index (χ1v) is 8.15. The van der Waals surface area contributed by atoms with Crippen LogP contribution in [0, 0.1) is 0 Å². The SMILES string of the molecule is CC(Br)(CBr)/C(=N/c1ccccc1)Oc1ccccc1. The highest BCUT2D eigenvalue weighted by Gasteiger charge is 2.29. The van der Waals surface area contributed by atoms with E-state index in [1.807, 2.05) is 67.6 Å². The highest BCUT2D eigenvalue weighted by atomic mass is 79.9. The molecule has 1 atom stereocenters. The molecule has 2 rings (SSSR count). The Hall–Kier alpha value is -1.13. The highest BCUT2D eigenvalue weighted by Crippen LogP contribution is 2.27. The molecule has 0 saturated heterocycles. The second-order valence-electron chi connectivity index (χ2n) is 4.50. The number of halogens is 2. The number of nitrogens with zero attached hydrogens (tertiary/aromatic N) is 1. The Bertz CT molecular complexity index is 568. The molecule has 0 radical (unpaired) electrons. The van der Waals surface area contributed by atoms with Crippen LogP contribution >= 0.6 is 31.9 Å². The lowest BCUT2D eigenvalue weighted by atomic mass is 10.2. The summed E-state index contributed by atoms with van der Waals surface area (Å²) in [5, 5.41) is 0.693. The van der Waals surface area contributed by atoms with Crippen molar-refractivity contribution in [2.45, 2.75) is 11.2 Å². The van der Waals surface area contributed by atoms with E-state index < -0.39 is 0 Å². The van der Waals surface area contributed by atoms with Crippen molar-refractivity contribution in [3.05, 3.63) is 60.7 Å². The zero-order valence-corrected chi connectivity index (χ0v) is 14.3. The van der Waals surface area contributed by atoms with Gasteiger partial charge in [-0.2, -0.15) is 0 Å². The van der Waals surface area contributed by atoms with Crippen molar-refractivity contribution in [1.29, 1.82) is 0 Å². The van der Waals surface area contributed by atoms with Gasteiger partial charge in [0.2, 0.25) is 5.90 Å². The average Bonchev–Trinajstić information content (AvgIpc) is 2.49. The van der Waals surface area contributed by atoms with E-state index >= 15 is 0 Å². The minimum Gasteiger partial charge on any atom is -0.441 e. The molecule has 0 heterocycles. The lowest BCUT2D eigenvalue weighted by Gasteiger charge is -2.22. The summed E-state index contributed by atoms with van der Waals surface area (Å²) in [7, 11) is 0. The fraction of sp³-hybridized carbons (Fsp3) is 0.188. The first-order chi connectivity index (χ1) is 9.62. The van der Waals surface area contributed by atoms with E-state index in [-0.39, 0.29) is 4.32 Å². The Balaban J connectivity index is 2.33. The normalized spacial score (nSPS) is 14.7. The zero-order chi connectivity index (χ0) is 14.4. The van der Waals surface area contributed by atoms with Crippen LogP contribution in [-0.2, 0) is 0 Å². The molecule has 2 aromatic rings. The van der Waals surface area contributed by atoms with E-state index in [1.165, 1.54) is 0 Å². The van der Waals surface area contributed by atoms with Crippen LogP contribution in [0.15, 0.2) is 65.7 Å². The van der Waals surface area contributed by atoms with Gasteiger partial charge >= 0.3 is 0 Å². The smallest absolute Gasteiger partial charge is 0.212 e. The molecule has 2 aromatic carbocycles. The molecule has 0 bridgehead atoms. The van der Waals surface area contributed by atoms with E-state index in [0.29, 0.717) is 11.2 Å². The van der Waals surface area contributed by atoms with Gasteiger partial charge < -0.3 is 4.74 Å². The van der Waals surface area contributed by atoms with Crippen LogP contribution in [-0.4, -0.2) is 15.6 Å². The van der Waals surface area contributed by atoms with Crippen molar-refractivity contribution in [1.82, 2.24) is 0 Å². The quantitative estimate of drug-likeness (QED) is 0.388. The molecule has 20 heavy (non-hydrogen) atoms. The van der Waals surface area contributed by atoms with Gasteiger partial charge in [-0.15, -0.1) is 0 Å². The Labute approximate surface area is 136 Å². The molecule has 104 valence electrons. The van der Waals surface area contributed by atoms with Gasteiger partial charge in [0.1, 0.15) is 10.1 Å². The fourth-order valence-corrected chi connectivity index (χ4v) is 1.93. The van der Waals surface area contributed by atoms with Crippen LogP contribution in [0.3, 0.4) is 0 Å². The minimum absolute atomic E-state index is 0.376. The Morgan fingerprint density at radius 3 is 2.15 bits per heavy atom. The number of rotatable bonds is 4. The molecule has 0 aliphatic heterocycles. The van der Waals surface area contributed by atoms with Crippen LogP contribution < -0.4 is 4.74 Å². The number of ether oxygens (including phenoxy) is 1. The van der Waals surface area contributed by atoms with E-state index in [9.17, 15) is 0 Å². The van der Waals surface area contributed by atoms with E-state index in [2.05, 4.69) is 36.9 Å². The number of para-hydroxylation sites is 2. The van der Waals surface area contributed by atoms with Crippen molar-refractivity contribution in [2.75, 3.05) is 5.33 Å². The lowest BCUT2D eigenvalue weighted by molar-refractivity contribution is 0.521. The topological polar surface area (TPSA) is 21.6 Å². The molecular formula is C16H15Br2NO. The summed E-state index contributed by atoms with van der Waals surface area (Å²) in [6.07, 6.45) is 0. The van der Waals surface area contributed by atoms with Gasteiger partial charge in [-0.1, -0.05) is 68.3 Å². The second kappa shape index (κ2) is 7.04. The van der Waals surface area contributed by atoms with E-state index in [1.54, 1.807) is 0 Å². The molecule has 0 N–H and O–H groups in total. The molecule has 0 aliphatic rings. The van der Waals surface area contributed by atoms with E-state index in [0.717, 1.165) is 11.4 Å². The lowest BCUT2D eigenvalue weighted by Crippen LogP contribution is -2.34. The Morgan fingerprint density at radius 1 is 1.05 bits per heavy atom. The van der Waals surface area contributed by atoms with Crippen molar-refractivity contribution < 1.29 is 4.74 Å². The first-order valence-electron chi connectivity index (χ1n) is 6.24. The minimum atomic E-state index is -0.376. The average molecular weight is 397 g/mol. The summed E-state index contributed by atoms with van der Waals surface area (Å²) in [5.41, 5.74) is 0.866. The van der Waals surface area contributed by atoms with Gasteiger partial charge in [-0.25, -0.2) is 4.99 Å². The van der Waals surface area contributed by atoms with Gasteiger partial charge in [-0.05, 0) is 31.2 Å². The third kappa shape index (κ3) is 4.18. The largest absolute Gasteiger partial charge is 0.441 e. The molecule has 4 heteroatoms. The first kappa shape index (κ1) is 15.3. The van der Waals surface area contributed by atoms with Gasteiger partial charge in [-0.3, -0.25) is 0 Å². The molecular weight excluding hydrogens is 382 g/mol. The molecule has 1 unspecified atom stereocenters. The third-order valence-electron chi connectivity index (χ3n) is 2.64. The van der Waals surface area contributed by atoms with Crippen LogP contribution in [0.25, 0.3) is 0 Å². The van der Waals surface area contributed by atoms with Crippen LogP contribution in [0.5, 0.6) is 5.75 Å². The maximum Gasteiger partial charge on any atom is 0.212 e. The molecule has 0 aliphatic carbocycles. The number of benzene rings is 2. The molecule has 0 spiro atoms. The van der Waals surface area contributed by atoms with Gasteiger partial charge in [0.15, 0.2) is 0 Å². The summed E-state index contributed by atoms with van der Waals surface area (Å²) in [4.78, 5) is 4.61. The Kier molecular flexibility index (Phi) is 5.38. The highest BCUT2D eigenvalue weighted by molar-refractivity contribution is 9.12. The van der Waals surface area contributed by atoms with Gasteiger partial charge in [0.05, 0.1) is 5.69 Å². The predicted octanol–water partition coefficient (Wildman–Crippen LogP) is 5.34. The Morgan fingerprint density at radius 2 is 1.60 bits per heavy atom. The number of hydrogen-bond acceptors (Lipinski definition) is 2. The van der Waals surface area contributed by atoms with Gasteiger partial charge in [0.25, 0.3) is 0 Å². The standard InChI is InChI=1S/C16H15Br2NO/c1-16(18,12-17)15(19-13-8-4-2-5-9-13)20-14-10-6-3-7-11-14/h2-11H,12H2,1H3/b19-15-. The molecule has 0 saturated carbocycles. The van der Waals surface area contributed by atoms with Crippen LogP contribution in [0.2, 0.25) is 0 Å². The second-order valence-corrected chi connectivity index (χ2v) is 6.81. The van der Waals surface area contributed by atoms with Crippen LogP contribution in [0.1, 0.15) is 6.92 Å². The fourth-order valence-electron chi connectivity index (χ4n) is 1.52. The molecule has 0 aromatic heterocycles. The third-order valence-corrected chi connectivity index (χ3v) is 5.13. The molecule has 0 fully saturated rings. The summed E-state index contributed by atoms with van der Waals surface area (Å²) >= 11 is 7.15. The number of hydrogen-bond donors (Lipinski definition) is 0. The molecule has 0 amide bonds. The summed E-state index contributed by atoms with van der Waals surface area (Å²) < 4.78 is 5.57. The maximum absolute atomic E-state index is 5.95. The van der Waals surface area contributed by atoms with Crippen molar-refractivity contribution in [3.63, 3.8) is 0 Å². The van der Waals surface area contributed by atoms with Gasteiger partial charge in [0, 0.05) is 5.33 Å². The monoisotopic (exact) mass is 395 g/mol. The van der Waals surface area contributed by atoms with Crippen molar-refractivity contribution >= 4 is 43.4 Å². The predicted molar refractivity (Wildman–Crippen MR) is 91.7 cm³/mol. The number of aliphatic imine (C=N–C) groups is 1. The maximum atomic E-state index is 5.95. The number of alkyl halides is 2. The molecule has 2 nitrogen and oxygen atoms in total. The zero-order valence-electron chi connectivity index (χ0n) is 11.1. The summed E-state index contributed by atoms with van der Waals surface area (Å²) in [5.74, 6) is 1.39. The van der Waals surface area contributed by atoms with Crippen molar-refractivity contribution in [3.8, 4) is 5.75 Å². The van der Waals surface area contributed by atoms with Crippen molar-refractivity contribution in [2.24, 2.45) is 4.99 Å². The summed E-state index contributed by atoms with van der Waals surface area (Å²) in [6.45, 7) is 2.02. The van der Waals surface area contributed by atoms with Crippen LogP contribution in [0.4, 0.5) is 5.69 Å².